The largest absolute Gasteiger partial charge is 0.496 e. The zero-order valence-corrected chi connectivity index (χ0v) is 17.5. The minimum absolute atomic E-state index is 0.536. The standard InChI is InChI=1S/C24H33FN2O/c1-4-6-12-23(25)22-18-20(27-15-13-26(5-2)14-16-27)17-21(24(22)28-3)19-10-8-7-9-11-19/h7-11,17-18,23H,4-6,12-16H2,1-3H3. The zero-order chi connectivity index (χ0) is 19.9. The molecule has 1 atom stereocenters. The fraction of sp³-hybridized carbons (Fsp3) is 0.500. The predicted octanol–water partition coefficient (Wildman–Crippen LogP) is 5.70. The van der Waals surface area contributed by atoms with Crippen molar-refractivity contribution in [1.82, 2.24) is 4.90 Å². The number of ether oxygens (including phenoxy) is 1. The van der Waals surface area contributed by atoms with Crippen LogP contribution in [0.4, 0.5) is 10.1 Å². The molecule has 2 aromatic rings. The molecule has 0 aromatic heterocycles. The zero-order valence-electron chi connectivity index (χ0n) is 17.5. The van der Waals surface area contributed by atoms with Crippen molar-refractivity contribution in [3.63, 3.8) is 0 Å². The van der Waals surface area contributed by atoms with Gasteiger partial charge in [0.05, 0.1) is 7.11 Å². The molecule has 0 spiro atoms. The molecule has 3 nitrogen and oxygen atoms in total. The number of piperazine rings is 1. The van der Waals surface area contributed by atoms with Gasteiger partial charge in [0.25, 0.3) is 0 Å². The van der Waals surface area contributed by atoms with Crippen LogP contribution in [0.25, 0.3) is 11.1 Å². The summed E-state index contributed by atoms with van der Waals surface area (Å²) in [5.41, 5.74) is 3.83. The molecule has 0 N–H and O–H groups in total. The van der Waals surface area contributed by atoms with Gasteiger partial charge in [0.15, 0.2) is 0 Å². The van der Waals surface area contributed by atoms with Gasteiger partial charge in [0.2, 0.25) is 0 Å². The normalized spacial score (nSPS) is 16.2. The maximum Gasteiger partial charge on any atom is 0.132 e. The Bertz CT molecular complexity index is 742. The molecule has 1 heterocycles. The van der Waals surface area contributed by atoms with E-state index in [2.05, 4.69) is 41.8 Å². The highest BCUT2D eigenvalue weighted by Gasteiger charge is 2.23. The molecule has 4 heteroatoms. The van der Waals surface area contributed by atoms with Crippen LogP contribution in [0.3, 0.4) is 0 Å². The van der Waals surface area contributed by atoms with Crippen LogP contribution >= 0.6 is 0 Å². The van der Waals surface area contributed by atoms with Crippen LogP contribution in [0.15, 0.2) is 42.5 Å². The first-order valence-corrected chi connectivity index (χ1v) is 10.6. The lowest BCUT2D eigenvalue weighted by Gasteiger charge is -2.36. The molecule has 2 aromatic carbocycles. The minimum Gasteiger partial charge on any atom is -0.496 e. The first kappa shape index (κ1) is 20.7. The van der Waals surface area contributed by atoms with Crippen molar-refractivity contribution in [2.75, 3.05) is 44.7 Å². The monoisotopic (exact) mass is 384 g/mol. The summed E-state index contributed by atoms with van der Waals surface area (Å²) in [4.78, 5) is 4.84. The van der Waals surface area contributed by atoms with Crippen molar-refractivity contribution in [3.8, 4) is 16.9 Å². The lowest BCUT2D eigenvalue weighted by Crippen LogP contribution is -2.46. The summed E-state index contributed by atoms with van der Waals surface area (Å²) >= 11 is 0. The molecule has 152 valence electrons. The average molecular weight is 385 g/mol. The maximum absolute atomic E-state index is 15.2. The summed E-state index contributed by atoms with van der Waals surface area (Å²) in [6, 6.07) is 14.4. The molecule has 1 saturated heterocycles. The third-order valence-electron chi connectivity index (χ3n) is 5.72. The van der Waals surface area contributed by atoms with E-state index in [1.165, 1.54) is 0 Å². The number of methoxy groups -OCH3 is 1. The third kappa shape index (κ3) is 4.67. The molecular weight excluding hydrogens is 351 g/mol. The average Bonchev–Trinajstić information content (AvgIpc) is 2.77. The van der Waals surface area contributed by atoms with Gasteiger partial charge >= 0.3 is 0 Å². The van der Waals surface area contributed by atoms with Gasteiger partial charge in [0.1, 0.15) is 11.9 Å². The number of hydrogen-bond acceptors (Lipinski definition) is 3. The van der Waals surface area contributed by atoms with Gasteiger partial charge in [-0.1, -0.05) is 57.0 Å². The highest BCUT2D eigenvalue weighted by atomic mass is 19.1. The molecular formula is C24H33FN2O. The molecule has 0 saturated carbocycles. The van der Waals surface area contributed by atoms with E-state index in [1.54, 1.807) is 7.11 Å². The Labute approximate surface area is 169 Å². The molecule has 1 fully saturated rings. The first-order valence-electron chi connectivity index (χ1n) is 10.6. The number of likely N-dealkylation sites (N-methyl/N-ethyl adjacent to an activating group) is 1. The number of halogens is 1. The highest BCUT2D eigenvalue weighted by Crippen LogP contribution is 2.42. The fourth-order valence-electron chi connectivity index (χ4n) is 3.97. The Morgan fingerprint density at radius 1 is 1.04 bits per heavy atom. The predicted molar refractivity (Wildman–Crippen MR) is 116 cm³/mol. The van der Waals surface area contributed by atoms with Gasteiger partial charge < -0.3 is 14.5 Å². The summed E-state index contributed by atoms with van der Waals surface area (Å²) in [6.07, 6.45) is 1.40. The van der Waals surface area contributed by atoms with Crippen LogP contribution in [0.5, 0.6) is 5.75 Å². The molecule has 1 unspecified atom stereocenters. The van der Waals surface area contributed by atoms with Gasteiger partial charge in [0, 0.05) is 43.0 Å². The van der Waals surface area contributed by atoms with E-state index < -0.39 is 6.17 Å². The molecule has 3 rings (SSSR count). The summed E-state index contributed by atoms with van der Waals surface area (Å²) in [5, 5.41) is 0. The van der Waals surface area contributed by atoms with Crippen molar-refractivity contribution in [2.45, 2.75) is 39.3 Å². The molecule has 0 amide bonds. The van der Waals surface area contributed by atoms with E-state index in [0.717, 1.165) is 62.4 Å². The van der Waals surface area contributed by atoms with E-state index in [-0.39, 0.29) is 0 Å². The summed E-state index contributed by atoms with van der Waals surface area (Å²) in [5.74, 6) is 0.672. The third-order valence-corrected chi connectivity index (χ3v) is 5.72. The number of nitrogens with zero attached hydrogens (tertiary/aromatic N) is 2. The van der Waals surface area contributed by atoms with Gasteiger partial charge in [-0.15, -0.1) is 0 Å². The van der Waals surface area contributed by atoms with Crippen LogP contribution in [0.2, 0.25) is 0 Å². The second-order valence-corrected chi connectivity index (χ2v) is 7.51. The molecule has 0 bridgehead atoms. The van der Waals surface area contributed by atoms with Crippen LogP contribution in [-0.2, 0) is 0 Å². The number of alkyl halides is 1. The van der Waals surface area contributed by atoms with E-state index in [1.807, 2.05) is 24.3 Å². The molecule has 28 heavy (non-hydrogen) atoms. The Balaban J connectivity index is 2.02. The van der Waals surface area contributed by atoms with Crippen molar-refractivity contribution in [1.29, 1.82) is 0 Å². The lowest BCUT2D eigenvalue weighted by atomic mass is 9.95. The van der Waals surface area contributed by atoms with E-state index in [4.69, 9.17) is 4.74 Å². The number of benzene rings is 2. The molecule has 1 aliphatic rings. The SMILES string of the molecule is CCCCC(F)c1cc(N2CCN(CC)CC2)cc(-c2ccccc2)c1OC. The van der Waals surface area contributed by atoms with E-state index in [9.17, 15) is 0 Å². The quantitative estimate of drug-likeness (QED) is 0.580. The topological polar surface area (TPSA) is 15.7 Å². The first-order chi connectivity index (χ1) is 13.7. The Hall–Kier alpha value is -2.07. The van der Waals surface area contributed by atoms with Gasteiger partial charge in [-0.3, -0.25) is 0 Å². The van der Waals surface area contributed by atoms with Gasteiger partial charge in [-0.2, -0.15) is 0 Å². The minimum atomic E-state index is -1.01. The van der Waals surface area contributed by atoms with Crippen LogP contribution in [0, 0.1) is 0 Å². The van der Waals surface area contributed by atoms with Crippen LogP contribution in [0.1, 0.15) is 44.8 Å². The molecule has 0 radical (unpaired) electrons. The van der Waals surface area contributed by atoms with Crippen molar-refractivity contribution in [3.05, 3.63) is 48.0 Å². The second-order valence-electron chi connectivity index (χ2n) is 7.51. The van der Waals surface area contributed by atoms with E-state index >= 15 is 4.39 Å². The Morgan fingerprint density at radius 2 is 1.75 bits per heavy atom. The number of unbranched alkanes of at least 4 members (excludes halogenated alkanes) is 1. The van der Waals surface area contributed by atoms with Gasteiger partial charge in [-0.25, -0.2) is 4.39 Å². The van der Waals surface area contributed by atoms with Gasteiger partial charge in [-0.05, 0) is 30.7 Å². The van der Waals surface area contributed by atoms with Crippen molar-refractivity contribution in [2.24, 2.45) is 0 Å². The highest BCUT2D eigenvalue weighted by molar-refractivity contribution is 5.77. The van der Waals surface area contributed by atoms with Crippen molar-refractivity contribution >= 4 is 5.69 Å². The molecule has 1 aliphatic heterocycles. The van der Waals surface area contributed by atoms with Crippen LogP contribution < -0.4 is 9.64 Å². The van der Waals surface area contributed by atoms with Crippen LogP contribution in [-0.4, -0.2) is 44.7 Å². The summed E-state index contributed by atoms with van der Waals surface area (Å²) in [7, 11) is 1.65. The smallest absolute Gasteiger partial charge is 0.132 e. The Kier molecular flexibility index (Phi) is 7.32. The van der Waals surface area contributed by atoms with Crippen molar-refractivity contribution < 1.29 is 9.13 Å². The lowest BCUT2D eigenvalue weighted by molar-refractivity contribution is 0.271. The number of hydrogen-bond donors (Lipinski definition) is 0. The summed E-state index contributed by atoms with van der Waals surface area (Å²) in [6.45, 7) is 9.43. The maximum atomic E-state index is 15.2. The second kappa shape index (κ2) is 9.92. The number of anilines is 1. The fourth-order valence-corrected chi connectivity index (χ4v) is 3.97. The van der Waals surface area contributed by atoms with E-state index in [0.29, 0.717) is 17.7 Å². The summed E-state index contributed by atoms with van der Waals surface area (Å²) < 4.78 is 21.0. The number of rotatable bonds is 8. The Morgan fingerprint density at radius 3 is 2.36 bits per heavy atom. The molecule has 0 aliphatic carbocycles.